The molecule has 1 fully saturated rings. The summed E-state index contributed by atoms with van der Waals surface area (Å²) in [6.07, 6.45) is 3.44. The predicted molar refractivity (Wildman–Crippen MR) is 114 cm³/mol. The molecule has 28 heavy (non-hydrogen) atoms. The summed E-state index contributed by atoms with van der Waals surface area (Å²) in [7, 11) is -3.44. The van der Waals surface area contributed by atoms with E-state index in [4.69, 9.17) is 0 Å². The molecule has 2 heterocycles. The Labute approximate surface area is 168 Å². The Hall–Kier alpha value is -1.96. The van der Waals surface area contributed by atoms with Crippen molar-refractivity contribution in [1.82, 2.24) is 14.6 Å². The summed E-state index contributed by atoms with van der Waals surface area (Å²) in [5.74, 6) is 0.966. The average molecular weight is 403 g/mol. The molecular formula is C21H30N4O2S. The van der Waals surface area contributed by atoms with Crippen LogP contribution in [0.4, 0.5) is 5.82 Å². The second kappa shape index (κ2) is 9.49. The van der Waals surface area contributed by atoms with Crippen LogP contribution in [0.2, 0.25) is 0 Å². The Kier molecular flexibility index (Phi) is 7.04. The molecule has 1 aromatic heterocycles. The molecule has 0 spiro atoms. The maximum absolute atomic E-state index is 12.9. The lowest BCUT2D eigenvalue weighted by atomic mass is 10.1. The smallest absolute Gasteiger partial charge is 0.243 e. The van der Waals surface area contributed by atoms with Crippen LogP contribution in [0.5, 0.6) is 0 Å². The molecule has 0 bridgehead atoms. The molecule has 1 aliphatic rings. The largest absolute Gasteiger partial charge is 0.354 e. The van der Waals surface area contributed by atoms with Gasteiger partial charge in [-0.05, 0) is 48.2 Å². The minimum atomic E-state index is -3.44. The summed E-state index contributed by atoms with van der Waals surface area (Å²) in [5.41, 5.74) is 2.04. The maximum Gasteiger partial charge on any atom is 0.243 e. The number of aromatic nitrogens is 1. The Balaban J connectivity index is 1.82. The van der Waals surface area contributed by atoms with Crippen molar-refractivity contribution in [3.8, 4) is 11.1 Å². The molecule has 1 aliphatic heterocycles. The Bertz CT molecular complexity index is 856. The van der Waals surface area contributed by atoms with Crippen LogP contribution in [0, 0.1) is 0 Å². The fourth-order valence-corrected chi connectivity index (χ4v) is 5.11. The molecule has 0 radical (unpaired) electrons. The van der Waals surface area contributed by atoms with E-state index < -0.39 is 10.0 Å². The highest BCUT2D eigenvalue weighted by Crippen LogP contribution is 2.25. The third kappa shape index (κ3) is 4.71. The highest BCUT2D eigenvalue weighted by atomic mass is 32.2. The number of anilines is 1. The first-order valence-electron chi connectivity index (χ1n) is 10.1. The molecular weight excluding hydrogens is 372 g/mol. The van der Waals surface area contributed by atoms with Gasteiger partial charge in [-0.3, -0.25) is 0 Å². The van der Waals surface area contributed by atoms with Gasteiger partial charge in [0.15, 0.2) is 0 Å². The van der Waals surface area contributed by atoms with Gasteiger partial charge in [-0.25, -0.2) is 13.4 Å². The number of piperazine rings is 1. The SMILES string of the molecule is CCCN(CCC)S(=O)(=O)c1ccc(-c2ccnc(N3CCNCC3)c2)cc1. The van der Waals surface area contributed by atoms with Crippen molar-refractivity contribution in [3.05, 3.63) is 42.6 Å². The molecule has 1 N–H and O–H groups in total. The predicted octanol–water partition coefficient (Wildman–Crippen LogP) is 2.97. The van der Waals surface area contributed by atoms with Crippen LogP contribution in [-0.4, -0.2) is 57.0 Å². The molecule has 0 saturated carbocycles. The van der Waals surface area contributed by atoms with E-state index in [2.05, 4.69) is 21.3 Å². The Morgan fingerprint density at radius 2 is 1.64 bits per heavy atom. The normalized spacial score (nSPS) is 15.2. The number of hydrogen-bond donors (Lipinski definition) is 1. The van der Waals surface area contributed by atoms with Crippen LogP contribution in [0.15, 0.2) is 47.5 Å². The molecule has 0 unspecified atom stereocenters. The molecule has 0 amide bonds. The third-order valence-corrected chi connectivity index (χ3v) is 6.87. The second-order valence-electron chi connectivity index (χ2n) is 7.07. The molecule has 3 rings (SSSR count). The molecule has 1 saturated heterocycles. The fourth-order valence-electron chi connectivity index (χ4n) is 3.48. The van der Waals surface area contributed by atoms with Crippen LogP contribution >= 0.6 is 0 Å². The van der Waals surface area contributed by atoms with Gasteiger partial charge in [-0.15, -0.1) is 0 Å². The molecule has 152 valence electrons. The van der Waals surface area contributed by atoms with Crippen molar-refractivity contribution < 1.29 is 8.42 Å². The minimum absolute atomic E-state index is 0.356. The van der Waals surface area contributed by atoms with Gasteiger partial charge < -0.3 is 10.2 Å². The Morgan fingerprint density at radius 3 is 2.25 bits per heavy atom. The topological polar surface area (TPSA) is 65.5 Å². The molecule has 2 aromatic rings. The quantitative estimate of drug-likeness (QED) is 0.735. The molecule has 0 aliphatic carbocycles. The summed E-state index contributed by atoms with van der Waals surface area (Å²) < 4.78 is 27.4. The van der Waals surface area contributed by atoms with E-state index in [9.17, 15) is 8.42 Å². The van der Waals surface area contributed by atoms with Crippen molar-refractivity contribution in [3.63, 3.8) is 0 Å². The fraction of sp³-hybridized carbons (Fsp3) is 0.476. The highest BCUT2D eigenvalue weighted by Gasteiger charge is 2.23. The van der Waals surface area contributed by atoms with Crippen molar-refractivity contribution in [2.24, 2.45) is 0 Å². The van der Waals surface area contributed by atoms with E-state index in [1.807, 2.05) is 38.2 Å². The van der Waals surface area contributed by atoms with Gasteiger partial charge >= 0.3 is 0 Å². The average Bonchev–Trinajstić information content (AvgIpc) is 2.74. The number of nitrogens with one attached hydrogen (secondary N) is 1. The van der Waals surface area contributed by atoms with Crippen molar-refractivity contribution in [2.75, 3.05) is 44.2 Å². The number of nitrogens with zero attached hydrogens (tertiary/aromatic N) is 3. The monoisotopic (exact) mass is 402 g/mol. The van der Waals surface area contributed by atoms with E-state index in [-0.39, 0.29) is 0 Å². The number of hydrogen-bond acceptors (Lipinski definition) is 5. The second-order valence-corrected chi connectivity index (χ2v) is 9.01. The van der Waals surface area contributed by atoms with Gasteiger partial charge in [-0.2, -0.15) is 4.31 Å². The summed E-state index contributed by atoms with van der Waals surface area (Å²) in [4.78, 5) is 7.13. The molecule has 7 heteroatoms. The first-order valence-corrected chi connectivity index (χ1v) is 11.5. The summed E-state index contributed by atoms with van der Waals surface area (Å²) in [5, 5.41) is 3.35. The molecule has 6 nitrogen and oxygen atoms in total. The van der Waals surface area contributed by atoms with Crippen molar-refractivity contribution in [2.45, 2.75) is 31.6 Å². The highest BCUT2D eigenvalue weighted by molar-refractivity contribution is 7.89. The summed E-state index contributed by atoms with van der Waals surface area (Å²) in [6.45, 7) is 8.92. The van der Waals surface area contributed by atoms with Gasteiger partial charge in [0, 0.05) is 45.5 Å². The van der Waals surface area contributed by atoms with Crippen LogP contribution in [-0.2, 0) is 10.0 Å². The van der Waals surface area contributed by atoms with Gasteiger partial charge in [-0.1, -0.05) is 26.0 Å². The van der Waals surface area contributed by atoms with E-state index in [0.717, 1.165) is 56.0 Å². The van der Waals surface area contributed by atoms with E-state index in [1.54, 1.807) is 16.4 Å². The lowest BCUT2D eigenvalue weighted by Gasteiger charge is -2.28. The maximum atomic E-state index is 12.9. The standard InChI is InChI=1S/C21H30N4O2S/c1-3-13-25(14-4-2)28(26,27)20-7-5-18(6-8-20)19-9-10-23-21(17-19)24-15-11-22-12-16-24/h5-10,17,22H,3-4,11-16H2,1-2H3. The van der Waals surface area contributed by atoms with Gasteiger partial charge in [0.25, 0.3) is 0 Å². The summed E-state index contributed by atoms with van der Waals surface area (Å²) in [6, 6.07) is 11.3. The van der Waals surface area contributed by atoms with Crippen LogP contribution in [0.3, 0.4) is 0 Å². The molecule has 1 aromatic carbocycles. The first-order chi connectivity index (χ1) is 13.6. The zero-order valence-corrected chi connectivity index (χ0v) is 17.6. The molecule has 0 atom stereocenters. The Morgan fingerprint density at radius 1 is 1.00 bits per heavy atom. The number of pyridine rings is 1. The first kappa shape index (κ1) is 20.8. The lowest BCUT2D eigenvalue weighted by Crippen LogP contribution is -2.43. The third-order valence-electron chi connectivity index (χ3n) is 4.96. The summed E-state index contributed by atoms with van der Waals surface area (Å²) >= 11 is 0. The van der Waals surface area contributed by atoms with Crippen LogP contribution < -0.4 is 10.2 Å². The van der Waals surface area contributed by atoms with Crippen LogP contribution in [0.25, 0.3) is 11.1 Å². The van der Waals surface area contributed by atoms with Gasteiger partial charge in [0.1, 0.15) is 5.82 Å². The number of sulfonamides is 1. The lowest BCUT2D eigenvalue weighted by molar-refractivity contribution is 0.410. The zero-order valence-electron chi connectivity index (χ0n) is 16.8. The number of rotatable bonds is 8. The van der Waals surface area contributed by atoms with Gasteiger partial charge in [0.05, 0.1) is 4.90 Å². The van der Waals surface area contributed by atoms with E-state index in [1.165, 1.54) is 0 Å². The zero-order chi connectivity index (χ0) is 20.0. The van der Waals surface area contributed by atoms with Crippen LogP contribution in [0.1, 0.15) is 26.7 Å². The van der Waals surface area contributed by atoms with Gasteiger partial charge in [0.2, 0.25) is 10.0 Å². The van der Waals surface area contributed by atoms with E-state index in [0.29, 0.717) is 18.0 Å². The van der Waals surface area contributed by atoms with Crippen molar-refractivity contribution >= 4 is 15.8 Å². The minimum Gasteiger partial charge on any atom is -0.354 e. The van der Waals surface area contributed by atoms with Crippen molar-refractivity contribution in [1.29, 1.82) is 0 Å². The number of benzene rings is 1. The van der Waals surface area contributed by atoms with E-state index >= 15 is 0 Å².